The van der Waals surface area contributed by atoms with Crippen molar-refractivity contribution in [1.82, 2.24) is 19.9 Å². The highest BCUT2D eigenvalue weighted by Crippen LogP contribution is 2.27. The molecular formula is C23H26ClN5O. The van der Waals surface area contributed by atoms with Gasteiger partial charge in [0.2, 0.25) is 5.95 Å². The van der Waals surface area contributed by atoms with Crippen LogP contribution in [0.25, 0.3) is 11.1 Å². The summed E-state index contributed by atoms with van der Waals surface area (Å²) in [5, 5.41) is 4.14. The van der Waals surface area contributed by atoms with Crippen LogP contribution in [0.15, 0.2) is 55.1 Å². The Bertz CT molecular complexity index is 944. The van der Waals surface area contributed by atoms with Crippen molar-refractivity contribution in [2.75, 3.05) is 25.0 Å². The van der Waals surface area contributed by atoms with E-state index in [9.17, 15) is 0 Å². The summed E-state index contributed by atoms with van der Waals surface area (Å²) in [5.74, 6) is 1.44. The van der Waals surface area contributed by atoms with Crippen LogP contribution >= 0.6 is 11.6 Å². The molecule has 1 aliphatic rings. The molecule has 1 saturated heterocycles. The number of benzene rings is 1. The van der Waals surface area contributed by atoms with E-state index in [4.69, 9.17) is 16.3 Å². The van der Waals surface area contributed by atoms with E-state index in [-0.39, 0.29) is 0 Å². The first-order chi connectivity index (χ1) is 14.7. The number of nitrogens with one attached hydrogen (secondary N) is 1. The molecule has 2 aromatic heterocycles. The monoisotopic (exact) mass is 423 g/mol. The van der Waals surface area contributed by atoms with E-state index in [2.05, 4.69) is 31.2 Å². The maximum Gasteiger partial charge on any atom is 0.222 e. The smallest absolute Gasteiger partial charge is 0.222 e. The Balaban J connectivity index is 1.28. The zero-order valence-electron chi connectivity index (χ0n) is 17.1. The number of nitrogens with zero attached hydrogens (tertiary/aromatic N) is 4. The minimum absolute atomic E-state index is 0.384. The summed E-state index contributed by atoms with van der Waals surface area (Å²) in [6.45, 7) is 5.54. The lowest BCUT2D eigenvalue weighted by molar-refractivity contribution is 0.210. The van der Waals surface area contributed by atoms with Gasteiger partial charge in [0, 0.05) is 61.6 Å². The van der Waals surface area contributed by atoms with Crippen LogP contribution in [0.1, 0.15) is 25.3 Å². The molecular weight excluding hydrogens is 398 g/mol. The Kier molecular flexibility index (Phi) is 6.77. The van der Waals surface area contributed by atoms with Crippen LogP contribution in [0.2, 0.25) is 5.02 Å². The molecule has 0 unspecified atom stereocenters. The highest BCUT2D eigenvalue weighted by molar-refractivity contribution is 6.32. The Morgan fingerprint density at radius 2 is 1.90 bits per heavy atom. The molecule has 0 spiro atoms. The van der Waals surface area contributed by atoms with Gasteiger partial charge in [0.15, 0.2) is 0 Å². The number of anilines is 1. The maximum atomic E-state index is 6.20. The molecule has 3 heterocycles. The zero-order chi connectivity index (χ0) is 20.8. The Morgan fingerprint density at radius 3 is 2.60 bits per heavy atom. The number of rotatable bonds is 7. The van der Waals surface area contributed by atoms with Gasteiger partial charge in [-0.1, -0.05) is 23.7 Å². The Hall–Kier alpha value is -2.70. The largest absolute Gasteiger partial charge is 0.492 e. The van der Waals surface area contributed by atoms with Crippen molar-refractivity contribution in [3.05, 3.63) is 65.7 Å². The number of piperidine rings is 1. The fourth-order valence-electron chi connectivity index (χ4n) is 3.67. The molecule has 156 valence electrons. The van der Waals surface area contributed by atoms with Gasteiger partial charge in [0.05, 0.1) is 11.6 Å². The minimum Gasteiger partial charge on any atom is -0.492 e. The molecule has 1 fully saturated rings. The summed E-state index contributed by atoms with van der Waals surface area (Å²) in [6, 6.07) is 10.3. The minimum atomic E-state index is 0.384. The number of ether oxygens (including phenoxy) is 1. The SMILES string of the molecule is CCOc1cc(CN2CCC(Nc3ncc(-c4cccnc4)cn3)CC2)ccc1Cl. The number of pyridine rings is 1. The van der Waals surface area contributed by atoms with Crippen molar-refractivity contribution >= 4 is 17.5 Å². The second-order valence-electron chi connectivity index (χ2n) is 7.43. The zero-order valence-corrected chi connectivity index (χ0v) is 17.8. The first-order valence-electron chi connectivity index (χ1n) is 10.3. The van der Waals surface area contributed by atoms with E-state index >= 15 is 0 Å². The Labute approximate surface area is 182 Å². The standard InChI is InChI=1S/C23H26ClN5O/c1-2-30-22-12-17(5-6-21(22)24)16-29-10-7-20(8-11-29)28-23-26-14-19(15-27-23)18-4-3-9-25-13-18/h3-6,9,12-15,20H,2,7-8,10-11,16H2,1H3,(H,26,27,28). The van der Waals surface area contributed by atoms with E-state index in [0.717, 1.165) is 49.4 Å². The molecule has 3 aromatic rings. The van der Waals surface area contributed by atoms with Crippen LogP contribution in [0.3, 0.4) is 0 Å². The van der Waals surface area contributed by atoms with Crippen molar-refractivity contribution in [2.45, 2.75) is 32.4 Å². The average molecular weight is 424 g/mol. The van der Waals surface area contributed by atoms with Gasteiger partial charge in [-0.2, -0.15) is 0 Å². The molecule has 0 amide bonds. The van der Waals surface area contributed by atoms with Crippen molar-refractivity contribution in [3.63, 3.8) is 0 Å². The van der Waals surface area contributed by atoms with Crippen LogP contribution in [0, 0.1) is 0 Å². The van der Waals surface area contributed by atoms with Gasteiger partial charge in [-0.15, -0.1) is 0 Å². The molecule has 7 heteroatoms. The molecule has 0 radical (unpaired) electrons. The van der Waals surface area contributed by atoms with Crippen LogP contribution < -0.4 is 10.1 Å². The molecule has 6 nitrogen and oxygen atoms in total. The predicted octanol–water partition coefficient (Wildman–Crippen LogP) is 4.67. The second kappa shape index (κ2) is 9.87. The molecule has 1 aromatic carbocycles. The third-order valence-electron chi connectivity index (χ3n) is 5.27. The lowest BCUT2D eigenvalue weighted by atomic mass is 10.0. The summed E-state index contributed by atoms with van der Waals surface area (Å²) in [4.78, 5) is 15.6. The quantitative estimate of drug-likeness (QED) is 0.596. The average Bonchev–Trinajstić information content (AvgIpc) is 2.79. The number of hydrogen-bond acceptors (Lipinski definition) is 6. The highest BCUT2D eigenvalue weighted by Gasteiger charge is 2.20. The number of hydrogen-bond donors (Lipinski definition) is 1. The van der Waals surface area contributed by atoms with Crippen molar-refractivity contribution in [3.8, 4) is 16.9 Å². The van der Waals surface area contributed by atoms with E-state index in [1.165, 1.54) is 5.56 Å². The second-order valence-corrected chi connectivity index (χ2v) is 7.84. The van der Waals surface area contributed by atoms with Gasteiger partial charge >= 0.3 is 0 Å². The number of halogens is 1. The third-order valence-corrected chi connectivity index (χ3v) is 5.58. The van der Waals surface area contributed by atoms with Crippen LogP contribution in [0.4, 0.5) is 5.95 Å². The molecule has 0 saturated carbocycles. The highest BCUT2D eigenvalue weighted by atomic mass is 35.5. The molecule has 1 N–H and O–H groups in total. The summed E-state index contributed by atoms with van der Waals surface area (Å²) in [5.41, 5.74) is 3.22. The van der Waals surface area contributed by atoms with Crippen molar-refractivity contribution < 1.29 is 4.74 Å². The predicted molar refractivity (Wildman–Crippen MR) is 120 cm³/mol. The number of aromatic nitrogens is 3. The summed E-state index contributed by atoms with van der Waals surface area (Å²) >= 11 is 6.20. The maximum absolute atomic E-state index is 6.20. The third kappa shape index (κ3) is 5.26. The van der Waals surface area contributed by atoms with Gasteiger partial charge in [0.25, 0.3) is 0 Å². The lowest BCUT2D eigenvalue weighted by Gasteiger charge is -2.32. The van der Waals surface area contributed by atoms with E-state index < -0.39 is 0 Å². The van der Waals surface area contributed by atoms with Crippen LogP contribution in [-0.2, 0) is 6.54 Å². The number of likely N-dealkylation sites (tertiary alicyclic amines) is 1. The first kappa shape index (κ1) is 20.6. The van der Waals surface area contributed by atoms with Gasteiger partial charge in [-0.25, -0.2) is 9.97 Å². The summed E-state index contributed by atoms with van der Waals surface area (Å²) < 4.78 is 5.61. The molecule has 1 aliphatic heterocycles. The summed E-state index contributed by atoms with van der Waals surface area (Å²) in [6.07, 6.45) is 9.38. The van der Waals surface area contributed by atoms with Crippen LogP contribution in [-0.4, -0.2) is 45.6 Å². The van der Waals surface area contributed by atoms with E-state index in [1.807, 2.05) is 49.8 Å². The van der Waals surface area contributed by atoms with E-state index in [1.54, 1.807) is 6.20 Å². The fraction of sp³-hybridized carbons (Fsp3) is 0.348. The van der Waals surface area contributed by atoms with Gasteiger partial charge in [0.1, 0.15) is 5.75 Å². The molecule has 0 aliphatic carbocycles. The Morgan fingerprint density at radius 1 is 1.10 bits per heavy atom. The van der Waals surface area contributed by atoms with Gasteiger partial charge in [-0.3, -0.25) is 9.88 Å². The van der Waals surface area contributed by atoms with Crippen molar-refractivity contribution in [1.29, 1.82) is 0 Å². The van der Waals surface area contributed by atoms with Crippen molar-refractivity contribution in [2.24, 2.45) is 0 Å². The van der Waals surface area contributed by atoms with Gasteiger partial charge < -0.3 is 10.1 Å². The summed E-state index contributed by atoms with van der Waals surface area (Å²) in [7, 11) is 0. The molecule has 4 rings (SSSR count). The molecule has 30 heavy (non-hydrogen) atoms. The normalized spacial score (nSPS) is 15.1. The first-order valence-corrected chi connectivity index (χ1v) is 10.7. The van der Waals surface area contributed by atoms with Gasteiger partial charge in [-0.05, 0) is 43.5 Å². The van der Waals surface area contributed by atoms with Crippen LogP contribution in [0.5, 0.6) is 5.75 Å². The topological polar surface area (TPSA) is 63.2 Å². The lowest BCUT2D eigenvalue weighted by Crippen LogP contribution is -2.38. The molecule has 0 atom stereocenters. The van der Waals surface area contributed by atoms with E-state index in [0.29, 0.717) is 23.6 Å². The molecule has 0 bridgehead atoms. The fourth-order valence-corrected chi connectivity index (χ4v) is 3.85.